The van der Waals surface area contributed by atoms with Gasteiger partial charge in [-0.1, -0.05) is 30.6 Å². The Morgan fingerprint density at radius 3 is 2.67 bits per heavy atom. The monoisotopic (exact) mass is 270 g/mol. The molecule has 3 N–H and O–H groups in total. The molecule has 1 aromatic carbocycles. The molecule has 0 aromatic heterocycles. The van der Waals surface area contributed by atoms with Gasteiger partial charge in [-0.3, -0.25) is 0 Å². The molecular formula is C13H19ClN2O2. The van der Waals surface area contributed by atoms with E-state index in [9.17, 15) is 0 Å². The lowest BCUT2D eigenvalue weighted by Crippen LogP contribution is -2.19. The molecule has 0 fully saturated rings. The average molecular weight is 271 g/mol. The number of hydrogen-bond donors (Lipinski definition) is 2. The highest BCUT2D eigenvalue weighted by Crippen LogP contribution is 2.25. The lowest BCUT2D eigenvalue weighted by molar-refractivity contribution is 0.193. The summed E-state index contributed by atoms with van der Waals surface area (Å²) in [5.74, 6) is 1.08. The minimum absolute atomic E-state index is 0.0124. The molecule has 0 aliphatic rings. The smallest absolute Gasteiger partial charge is 0.173 e. The van der Waals surface area contributed by atoms with Gasteiger partial charge >= 0.3 is 0 Å². The Labute approximate surface area is 112 Å². The van der Waals surface area contributed by atoms with Crippen LogP contribution in [0.4, 0.5) is 0 Å². The Bertz CT molecular complexity index is 433. The summed E-state index contributed by atoms with van der Waals surface area (Å²) in [4.78, 5) is 0. The fourth-order valence-electron chi connectivity index (χ4n) is 1.79. The number of nitrogens with two attached hydrogens (primary N) is 1. The minimum Gasteiger partial charge on any atom is -0.490 e. The quantitative estimate of drug-likeness (QED) is 0.373. The highest BCUT2D eigenvalue weighted by molar-refractivity contribution is 6.30. The van der Waals surface area contributed by atoms with Gasteiger partial charge in [-0.15, -0.1) is 0 Å². The van der Waals surface area contributed by atoms with Crippen LogP contribution in [-0.2, 0) is 0 Å². The van der Waals surface area contributed by atoms with Crippen LogP contribution in [0.25, 0.3) is 0 Å². The van der Waals surface area contributed by atoms with Gasteiger partial charge in [0.25, 0.3) is 0 Å². The molecule has 0 aliphatic heterocycles. The van der Waals surface area contributed by atoms with E-state index >= 15 is 0 Å². The Balaban J connectivity index is 2.95. The van der Waals surface area contributed by atoms with Crippen molar-refractivity contribution in [1.29, 1.82) is 0 Å². The van der Waals surface area contributed by atoms with Crippen molar-refractivity contribution in [2.75, 3.05) is 0 Å². The zero-order chi connectivity index (χ0) is 13.7. The van der Waals surface area contributed by atoms with Crippen LogP contribution in [0, 0.1) is 5.92 Å². The van der Waals surface area contributed by atoms with Gasteiger partial charge in [-0.05, 0) is 37.5 Å². The maximum Gasteiger partial charge on any atom is 0.173 e. The van der Waals surface area contributed by atoms with E-state index in [-0.39, 0.29) is 11.9 Å². The van der Waals surface area contributed by atoms with Crippen molar-refractivity contribution in [1.82, 2.24) is 0 Å². The molecule has 0 saturated heterocycles. The minimum atomic E-state index is 0.0124. The standard InChI is InChI=1S/C13H19ClN2O2/c1-8(2)6-9(3)18-12-7-10(14)4-5-11(12)13(15)16-17/h4-5,7-9,17H,6H2,1-3H3,(H2,15,16). The lowest BCUT2D eigenvalue weighted by Gasteiger charge is -2.18. The summed E-state index contributed by atoms with van der Waals surface area (Å²) in [7, 11) is 0. The SMILES string of the molecule is CC(C)CC(C)Oc1cc(Cl)ccc1C(N)=NO. The molecule has 1 atom stereocenters. The van der Waals surface area contributed by atoms with Crippen molar-refractivity contribution in [3.05, 3.63) is 28.8 Å². The average Bonchev–Trinajstić information content (AvgIpc) is 2.27. The van der Waals surface area contributed by atoms with E-state index < -0.39 is 0 Å². The maximum atomic E-state index is 8.74. The summed E-state index contributed by atoms with van der Waals surface area (Å²) in [5.41, 5.74) is 6.14. The third-order valence-corrected chi connectivity index (χ3v) is 2.69. The van der Waals surface area contributed by atoms with E-state index in [1.807, 2.05) is 6.92 Å². The lowest BCUT2D eigenvalue weighted by atomic mass is 10.1. The molecule has 0 radical (unpaired) electrons. The topological polar surface area (TPSA) is 67.8 Å². The summed E-state index contributed by atoms with van der Waals surface area (Å²) in [6.45, 7) is 6.24. The molecule has 0 aliphatic carbocycles. The van der Waals surface area contributed by atoms with Crippen LogP contribution in [0.5, 0.6) is 5.75 Å². The molecule has 0 bridgehead atoms. The molecule has 0 saturated carbocycles. The van der Waals surface area contributed by atoms with Crippen molar-refractivity contribution in [2.45, 2.75) is 33.3 Å². The van der Waals surface area contributed by atoms with Gasteiger partial charge in [0, 0.05) is 5.02 Å². The van der Waals surface area contributed by atoms with E-state index in [1.165, 1.54) is 0 Å². The molecule has 4 nitrogen and oxygen atoms in total. The number of oxime groups is 1. The molecule has 0 spiro atoms. The van der Waals surface area contributed by atoms with Crippen LogP contribution in [0.1, 0.15) is 32.8 Å². The first-order valence-electron chi connectivity index (χ1n) is 5.88. The van der Waals surface area contributed by atoms with Crippen molar-refractivity contribution in [2.24, 2.45) is 16.8 Å². The van der Waals surface area contributed by atoms with Crippen LogP contribution < -0.4 is 10.5 Å². The summed E-state index contributed by atoms with van der Waals surface area (Å²) < 4.78 is 5.80. The van der Waals surface area contributed by atoms with Crippen LogP contribution >= 0.6 is 11.6 Å². The third-order valence-electron chi connectivity index (χ3n) is 2.46. The molecule has 1 unspecified atom stereocenters. The molecule has 0 heterocycles. The largest absolute Gasteiger partial charge is 0.490 e. The zero-order valence-electron chi connectivity index (χ0n) is 10.9. The van der Waals surface area contributed by atoms with E-state index in [1.54, 1.807) is 18.2 Å². The summed E-state index contributed by atoms with van der Waals surface area (Å²) in [6.07, 6.45) is 0.955. The number of halogens is 1. The van der Waals surface area contributed by atoms with Gasteiger partial charge in [0.05, 0.1) is 11.7 Å². The van der Waals surface area contributed by atoms with E-state index in [4.69, 9.17) is 27.3 Å². The number of rotatable bonds is 5. The molecule has 1 aromatic rings. The molecule has 5 heteroatoms. The molecule has 18 heavy (non-hydrogen) atoms. The summed E-state index contributed by atoms with van der Waals surface area (Å²) >= 11 is 5.93. The number of amidine groups is 1. The first kappa shape index (κ1) is 14.6. The predicted octanol–water partition coefficient (Wildman–Crippen LogP) is 3.25. The van der Waals surface area contributed by atoms with Crippen LogP contribution in [0.2, 0.25) is 5.02 Å². The van der Waals surface area contributed by atoms with Crippen LogP contribution in [-0.4, -0.2) is 17.1 Å². The zero-order valence-corrected chi connectivity index (χ0v) is 11.6. The number of ether oxygens (including phenoxy) is 1. The molecule has 100 valence electrons. The van der Waals surface area contributed by atoms with Gasteiger partial charge in [-0.25, -0.2) is 0 Å². The summed E-state index contributed by atoms with van der Waals surface area (Å²) in [6, 6.07) is 5.02. The highest BCUT2D eigenvalue weighted by Gasteiger charge is 2.13. The third kappa shape index (κ3) is 4.11. The summed E-state index contributed by atoms with van der Waals surface area (Å²) in [5, 5.41) is 12.3. The fourth-order valence-corrected chi connectivity index (χ4v) is 1.95. The Morgan fingerprint density at radius 1 is 1.44 bits per heavy atom. The van der Waals surface area contributed by atoms with Crippen molar-refractivity contribution >= 4 is 17.4 Å². The molecule has 0 amide bonds. The number of nitrogens with zero attached hydrogens (tertiary/aromatic N) is 1. The first-order chi connectivity index (χ1) is 8.43. The fraction of sp³-hybridized carbons (Fsp3) is 0.462. The second kappa shape index (κ2) is 6.50. The van der Waals surface area contributed by atoms with Crippen LogP contribution in [0.3, 0.4) is 0 Å². The van der Waals surface area contributed by atoms with Gasteiger partial charge in [0.15, 0.2) is 5.84 Å². The van der Waals surface area contributed by atoms with Gasteiger partial charge in [0.2, 0.25) is 0 Å². The normalized spacial score (nSPS) is 13.7. The predicted molar refractivity (Wildman–Crippen MR) is 73.5 cm³/mol. The first-order valence-corrected chi connectivity index (χ1v) is 6.26. The maximum absolute atomic E-state index is 8.74. The second-order valence-electron chi connectivity index (χ2n) is 4.68. The van der Waals surface area contributed by atoms with Crippen LogP contribution in [0.15, 0.2) is 23.4 Å². The molecule has 1 rings (SSSR count). The Hall–Kier alpha value is -1.42. The van der Waals surface area contributed by atoms with E-state index in [0.29, 0.717) is 22.3 Å². The number of hydrogen-bond acceptors (Lipinski definition) is 3. The molecular weight excluding hydrogens is 252 g/mol. The van der Waals surface area contributed by atoms with Gasteiger partial charge in [-0.2, -0.15) is 0 Å². The Morgan fingerprint density at radius 2 is 2.11 bits per heavy atom. The van der Waals surface area contributed by atoms with Gasteiger partial charge < -0.3 is 15.7 Å². The van der Waals surface area contributed by atoms with Crippen molar-refractivity contribution < 1.29 is 9.94 Å². The highest BCUT2D eigenvalue weighted by atomic mass is 35.5. The number of benzene rings is 1. The van der Waals surface area contributed by atoms with E-state index in [2.05, 4.69) is 19.0 Å². The second-order valence-corrected chi connectivity index (χ2v) is 5.12. The Kier molecular flexibility index (Phi) is 5.28. The van der Waals surface area contributed by atoms with Crippen molar-refractivity contribution in [3.63, 3.8) is 0 Å². The van der Waals surface area contributed by atoms with E-state index in [0.717, 1.165) is 6.42 Å². The van der Waals surface area contributed by atoms with Gasteiger partial charge in [0.1, 0.15) is 5.75 Å². The van der Waals surface area contributed by atoms with Crippen molar-refractivity contribution in [3.8, 4) is 5.75 Å².